The number of nitrogens with two attached hydrogens (primary N) is 1. The van der Waals surface area contributed by atoms with Gasteiger partial charge in [0.1, 0.15) is 11.5 Å². The van der Waals surface area contributed by atoms with E-state index in [1.54, 1.807) is 24.3 Å². The Bertz CT molecular complexity index is 600. The largest absolute Gasteiger partial charge is 0.508 e. The van der Waals surface area contributed by atoms with Crippen LogP contribution in [-0.4, -0.2) is 22.0 Å². The molecule has 6 nitrogen and oxygen atoms in total. The van der Waals surface area contributed by atoms with Crippen LogP contribution in [0.1, 0.15) is 22.9 Å². The zero-order chi connectivity index (χ0) is 15.4. The molecular weight excluding hydrogens is 270 g/mol. The summed E-state index contributed by atoms with van der Waals surface area (Å²) in [5, 5.41) is 11.9. The zero-order valence-corrected chi connectivity index (χ0v) is 12.1. The molecule has 2 rings (SSSR count). The smallest absolute Gasteiger partial charge is 0.237 e. The quantitative estimate of drug-likeness (QED) is 0.767. The normalized spacial score (nSPS) is 12.1. The number of aryl methyl sites for hydroxylation is 2. The summed E-state index contributed by atoms with van der Waals surface area (Å²) in [6.07, 6.45) is 0.399. The zero-order valence-electron chi connectivity index (χ0n) is 12.1. The SMILES string of the molecule is Cc1nc(CNC(=O)C(N)Cc2ccc(O)cc2)oc1C. The molecule has 0 saturated heterocycles. The number of phenols is 1. The summed E-state index contributed by atoms with van der Waals surface area (Å²) in [4.78, 5) is 16.1. The van der Waals surface area contributed by atoms with Gasteiger partial charge in [-0.05, 0) is 38.0 Å². The van der Waals surface area contributed by atoms with E-state index in [9.17, 15) is 9.90 Å². The van der Waals surface area contributed by atoms with Gasteiger partial charge in [-0.3, -0.25) is 4.79 Å². The number of rotatable bonds is 5. The van der Waals surface area contributed by atoms with Crippen molar-refractivity contribution >= 4 is 5.91 Å². The van der Waals surface area contributed by atoms with Gasteiger partial charge in [0.15, 0.2) is 0 Å². The molecule has 0 saturated carbocycles. The van der Waals surface area contributed by atoms with Crippen molar-refractivity contribution in [1.29, 1.82) is 0 Å². The number of amides is 1. The average molecular weight is 289 g/mol. The molecule has 0 radical (unpaired) electrons. The molecular formula is C15H19N3O3. The summed E-state index contributed by atoms with van der Waals surface area (Å²) in [6.45, 7) is 3.89. The van der Waals surface area contributed by atoms with Gasteiger partial charge in [0.05, 0.1) is 18.3 Å². The van der Waals surface area contributed by atoms with Gasteiger partial charge in [0, 0.05) is 0 Å². The predicted molar refractivity (Wildman–Crippen MR) is 77.6 cm³/mol. The number of carbonyl (C=O) groups is 1. The molecule has 1 aromatic heterocycles. The van der Waals surface area contributed by atoms with Gasteiger partial charge in [-0.15, -0.1) is 0 Å². The van der Waals surface area contributed by atoms with Crippen LogP contribution in [-0.2, 0) is 17.8 Å². The van der Waals surface area contributed by atoms with Crippen molar-refractivity contribution in [3.63, 3.8) is 0 Å². The van der Waals surface area contributed by atoms with E-state index in [-0.39, 0.29) is 18.2 Å². The number of aromatic nitrogens is 1. The molecule has 4 N–H and O–H groups in total. The van der Waals surface area contributed by atoms with Crippen molar-refractivity contribution < 1.29 is 14.3 Å². The lowest BCUT2D eigenvalue weighted by Crippen LogP contribution is -2.41. The Hall–Kier alpha value is -2.34. The van der Waals surface area contributed by atoms with Crippen molar-refractivity contribution in [3.05, 3.63) is 47.2 Å². The fraction of sp³-hybridized carbons (Fsp3) is 0.333. The van der Waals surface area contributed by atoms with Crippen LogP contribution in [0.5, 0.6) is 5.75 Å². The molecule has 1 amide bonds. The van der Waals surface area contributed by atoms with Crippen LogP contribution in [0.2, 0.25) is 0 Å². The lowest BCUT2D eigenvalue weighted by molar-refractivity contribution is -0.122. The molecule has 0 aliphatic carbocycles. The van der Waals surface area contributed by atoms with E-state index in [1.807, 2.05) is 13.8 Å². The first-order chi connectivity index (χ1) is 9.95. The first-order valence-electron chi connectivity index (χ1n) is 6.70. The molecule has 6 heteroatoms. The minimum absolute atomic E-state index is 0.186. The van der Waals surface area contributed by atoms with E-state index in [2.05, 4.69) is 10.3 Å². The van der Waals surface area contributed by atoms with Gasteiger partial charge in [0.25, 0.3) is 0 Å². The standard InChI is InChI=1S/C15H19N3O3/c1-9-10(2)21-14(18-9)8-17-15(20)13(16)7-11-3-5-12(19)6-4-11/h3-6,13,19H,7-8,16H2,1-2H3,(H,17,20). The number of benzene rings is 1. The Kier molecular flexibility index (Phi) is 4.59. The molecule has 1 aromatic carbocycles. The van der Waals surface area contributed by atoms with Gasteiger partial charge < -0.3 is 20.6 Å². The molecule has 1 heterocycles. The average Bonchev–Trinajstić information content (AvgIpc) is 2.77. The summed E-state index contributed by atoms with van der Waals surface area (Å²) in [7, 11) is 0. The van der Waals surface area contributed by atoms with Crippen LogP contribution in [0.3, 0.4) is 0 Å². The summed E-state index contributed by atoms with van der Waals surface area (Å²) < 4.78 is 5.38. The number of aromatic hydroxyl groups is 1. The Morgan fingerprint density at radius 2 is 2.05 bits per heavy atom. The monoisotopic (exact) mass is 289 g/mol. The maximum Gasteiger partial charge on any atom is 0.237 e. The highest BCUT2D eigenvalue weighted by atomic mass is 16.4. The Morgan fingerprint density at radius 1 is 1.38 bits per heavy atom. The summed E-state index contributed by atoms with van der Waals surface area (Å²) in [5.41, 5.74) is 7.56. The molecule has 0 aliphatic heterocycles. The number of phenolic OH excluding ortho intramolecular Hbond substituents is 1. The second-order valence-electron chi connectivity index (χ2n) is 4.94. The third-order valence-corrected chi connectivity index (χ3v) is 3.22. The van der Waals surface area contributed by atoms with E-state index in [4.69, 9.17) is 10.2 Å². The minimum atomic E-state index is -0.660. The maximum atomic E-state index is 11.9. The summed E-state index contributed by atoms with van der Waals surface area (Å²) in [6, 6.07) is 5.95. The van der Waals surface area contributed by atoms with E-state index in [0.717, 1.165) is 17.0 Å². The second kappa shape index (κ2) is 6.41. The Balaban J connectivity index is 1.86. The van der Waals surface area contributed by atoms with Crippen molar-refractivity contribution in [2.75, 3.05) is 0 Å². The first kappa shape index (κ1) is 15.1. The number of hydrogen-bond donors (Lipinski definition) is 3. The third-order valence-electron chi connectivity index (χ3n) is 3.22. The van der Waals surface area contributed by atoms with Gasteiger partial charge >= 0.3 is 0 Å². The number of hydrogen-bond acceptors (Lipinski definition) is 5. The van der Waals surface area contributed by atoms with Gasteiger partial charge in [-0.25, -0.2) is 4.98 Å². The lowest BCUT2D eigenvalue weighted by Gasteiger charge is -2.11. The van der Waals surface area contributed by atoms with Gasteiger partial charge in [-0.1, -0.05) is 12.1 Å². The molecule has 0 aliphatic rings. The minimum Gasteiger partial charge on any atom is -0.508 e. The number of carbonyl (C=O) groups excluding carboxylic acids is 1. The maximum absolute atomic E-state index is 11.9. The lowest BCUT2D eigenvalue weighted by atomic mass is 10.1. The van der Waals surface area contributed by atoms with Crippen LogP contribution < -0.4 is 11.1 Å². The summed E-state index contributed by atoms with van der Waals surface area (Å²) >= 11 is 0. The Morgan fingerprint density at radius 3 is 2.62 bits per heavy atom. The fourth-order valence-corrected chi connectivity index (χ4v) is 1.89. The highest BCUT2D eigenvalue weighted by Crippen LogP contribution is 2.11. The molecule has 1 unspecified atom stereocenters. The van der Waals surface area contributed by atoms with Crippen molar-refractivity contribution in [1.82, 2.24) is 10.3 Å². The molecule has 21 heavy (non-hydrogen) atoms. The molecule has 0 bridgehead atoms. The van der Waals surface area contributed by atoms with Crippen LogP contribution in [0.4, 0.5) is 0 Å². The van der Waals surface area contributed by atoms with Crippen LogP contribution in [0.25, 0.3) is 0 Å². The highest BCUT2D eigenvalue weighted by molar-refractivity contribution is 5.81. The van der Waals surface area contributed by atoms with Crippen molar-refractivity contribution in [3.8, 4) is 5.75 Å². The number of nitrogens with one attached hydrogen (secondary N) is 1. The molecule has 0 fully saturated rings. The highest BCUT2D eigenvalue weighted by Gasteiger charge is 2.15. The van der Waals surface area contributed by atoms with E-state index >= 15 is 0 Å². The topological polar surface area (TPSA) is 101 Å². The van der Waals surface area contributed by atoms with E-state index < -0.39 is 6.04 Å². The van der Waals surface area contributed by atoms with Crippen LogP contribution >= 0.6 is 0 Å². The van der Waals surface area contributed by atoms with Crippen LogP contribution in [0.15, 0.2) is 28.7 Å². The van der Waals surface area contributed by atoms with Crippen molar-refractivity contribution in [2.24, 2.45) is 5.73 Å². The Labute approximate surface area is 123 Å². The first-order valence-corrected chi connectivity index (χ1v) is 6.70. The van der Waals surface area contributed by atoms with Crippen molar-refractivity contribution in [2.45, 2.75) is 32.9 Å². The predicted octanol–water partition coefficient (Wildman–Crippen LogP) is 1.18. The third kappa shape index (κ3) is 4.06. The molecule has 1 atom stereocenters. The van der Waals surface area contributed by atoms with Crippen LogP contribution in [0, 0.1) is 13.8 Å². The second-order valence-corrected chi connectivity index (χ2v) is 4.94. The van der Waals surface area contributed by atoms with E-state index in [1.165, 1.54) is 0 Å². The molecule has 2 aromatic rings. The van der Waals surface area contributed by atoms with E-state index in [0.29, 0.717) is 12.3 Å². The number of nitrogens with zero attached hydrogens (tertiary/aromatic N) is 1. The summed E-state index contributed by atoms with van der Waals surface area (Å²) in [5.74, 6) is 1.13. The van der Waals surface area contributed by atoms with Gasteiger partial charge in [-0.2, -0.15) is 0 Å². The van der Waals surface area contributed by atoms with Gasteiger partial charge in [0.2, 0.25) is 11.8 Å². The molecule has 112 valence electrons. The molecule has 0 spiro atoms. The fourth-order valence-electron chi connectivity index (χ4n) is 1.89. The number of oxazole rings is 1.